The van der Waals surface area contributed by atoms with Crippen LogP contribution in [0, 0.1) is 5.92 Å². The summed E-state index contributed by atoms with van der Waals surface area (Å²) in [5, 5.41) is 0. The van der Waals surface area contributed by atoms with Gasteiger partial charge in [0.05, 0.1) is 45.7 Å². The van der Waals surface area contributed by atoms with Crippen LogP contribution in [0.4, 0.5) is 0 Å². The first-order valence-electron chi connectivity index (χ1n) is 7.65. The van der Waals surface area contributed by atoms with E-state index in [2.05, 4.69) is 19.9 Å². The Morgan fingerprint density at radius 2 is 1.90 bits per heavy atom. The maximum Gasteiger partial charge on any atom is 0.160 e. The molecule has 1 fully saturated rings. The molecule has 0 spiro atoms. The zero-order chi connectivity index (χ0) is 15.4. The second-order valence-corrected chi connectivity index (χ2v) is 5.89. The van der Waals surface area contributed by atoms with Crippen LogP contribution in [-0.4, -0.2) is 39.1 Å². The first-order chi connectivity index (χ1) is 10.1. The van der Waals surface area contributed by atoms with E-state index in [0.29, 0.717) is 18.2 Å². The van der Waals surface area contributed by atoms with E-state index in [1.807, 2.05) is 12.1 Å². The van der Waals surface area contributed by atoms with Gasteiger partial charge in [-0.2, -0.15) is 0 Å². The van der Waals surface area contributed by atoms with Gasteiger partial charge in [-0.05, 0) is 31.5 Å². The largest absolute Gasteiger partial charge is 0.493 e. The lowest BCUT2D eigenvalue weighted by atomic mass is 9.90. The molecule has 21 heavy (non-hydrogen) atoms. The normalized spacial score (nSPS) is 25.7. The highest BCUT2D eigenvalue weighted by molar-refractivity contribution is 5.81. The Labute approximate surface area is 127 Å². The molecule has 1 saturated heterocycles. The van der Waals surface area contributed by atoms with Crippen molar-refractivity contribution in [1.29, 1.82) is 0 Å². The fourth-order valence-electron chi connectivity index (χ4n) is 3.07. The van der Waals surface area contributed by atoms with Crippen molar-refractivity contribution < 1.29 is 19.2 Å². The van der Waals surface area contributed by atoms with E-state index in [-0.39, 0.29) is 5.92 Å². The number of ether oxygens (including phenoxy) is 2. The topological polar surface area (TPSA) is 40.0 Å². The number of carbonyl (C=O) groups excluding carboxylic acids is 1. The van der Waals surface area contributed by atoms with E-state index >= 15 is 0 Å². The van der Waals surface area contributed by atoms with E-state index in [9.17, 15) is 4.79 Å². The molecule has 3 atom stereocenters. The molecule has 0 amide bonds. The highest BCUT2D eigenvalue weighted by Crippen LogP contribution is 2.27. The second-order valence-electron chi connectivity index (χ2n) is 5.89. The molecular formula is C17H26NO3+. The molecule has 0 radical (unpaired) electrons. The van der Waals surface area contributed by atoms with Crippen LogP contribution in [0.25, 0.3) is 0 Å². The molecule has 1 N–H and O–H groups in total. The van der Waals surface area contributed by atoms with Crippen LogP contribution < -0.4 is 14.4 Å². The average molecular weight is 292 g/mol. The summed E-state index contributed by atoms with van der Waals surface area (Å²) in [4.78, 5) is 13.3. The van der Waals surface area contributed by atoms with Crippen LogP contribution in [0.15, 0.2) is 18.2 Å². The molecule has 4 nitrogen and oxygen atoms in total. The lowest BCUT2D eigenvalue weighted by molar-refractivity contribution is -0.928. The van der Waals surface area contributed by atoms with Crippen molar-refractivity contribution in [3.05, 3.63) is 23.8 Å². The fourth-order valence-corrected chi connectivity index (χ4v) is 3.07. The van der Waals surface area contributed by atoms with Gasteiger partial charge in [0.25, 0.3) is 0 Å². The summed E-state index contributed by atoms with van der Waals surface area (Å²) < 4.78 is 10.6. The van der Waals surface area contributed by atoms with Crippen LogP contribution in [0.2, 0.25) is 0 Å². The van der Waals surface area contributed by atoms with Gasteiger partial charge in [-0.1, -0.05) is 6.07 Å². The van der Waals surface area contributed by atoms with E-state index < -0.39 is 0 Å². The average Bonchev–Trinajstić information content (AvgIpc) is 2.51. The van der Waals surface area contributed by atoms with Gasteiger partial charge in [-0.25, -0.2) is 0 Å². The number of hydrogen-bond donors (Lipinski definition) is 1. The lowest BCUT2D eigenvalue weighted by Gasteiger charge is -2.33. The lowest BCUT2D eigenvalue weighted by Crippen LogP contribution is -3.17. The van der Waals surface area contributed by atoms with Gasteiger partial charge >= 0.3 is 0 Å². The van der Waals surface area contributed by atoms with Crippen molar-refractivity contribution in [2.75, 3.05) is 27.3 Å². The third kappa shape index (κ3) is 3.56. The predicted octanol–water partition coefficient (Wildman–Crippen LogP) is 1.13. The number of likely N-dealkylation sites (tertiary alicyclic amines) is 1. The zero-order valence-electron chi connectivity index (χ0n) is 13.4. The van der Waals surface area contributed by atoms with Gasteiger partial charge in [0.2, 0.25) is 0 Å². The maximum absolute atomic E-state index is 11.7. The third-order valence-corrected chi connectivity index (χ3v) is 4.78. The first-order valence-corrected chi connectivity index (χ1v) is 7.65. The summed E-state index contributed by atoms with van der Waals surface area (Å²) in [6.07, 6.45) is 1.70. The minimum Gasteiger partial charge on any atom is -0.493 e. The number of hydrogen-bond acceptors (Lipinski definition) is 3. The molecule has 1 aliphatic heterocycles. The Morgan fingerprint density at radius 3 is 2.57 bits per heavy atom. The Hall–Kier alpha value is -1.55. The van der Waals surface area contributed by atoms with Gasteiger partial charge in [0.1, 0.15) is 5.78 Å². The van der Waals surface area contributed by atoms with Gasteiger partial charge in [0.15, 0.2) is 11.5 Å². The standard InChI is InChI=1S/C17H25NO3/c1-12-13(2)18(10-8-15(12)19)9-7-14-5-6-16(20-3)17(11-14)21-4/h5-6,11-13H,7-10H2,1-4H3/p+1/t12-,13+/m0/s1. The minimum atomic E-state index is 0.180. The van der Waals surface area contributed by atoms with Gasteiger partial charge in [0, 0.05) is 6.42 Å². The summed E-state index contributed by atoms with van der Waals surface area (Å²) in [5.41, 5.74) is 1.25. The third-order valence-electron chi connectivity index (χ3n) is 4.78. The fraction of sp³-hybridized carbons (Fsp3) is 0.588. The Bertz CT molecular complexity index is 501. The summed E-state index contributed by atoms with van der Waals surface area (Å²) in [5.74, 6) is 2.14. The quantitative estimate of drug-likeness (QED) is 0.884. The summed E-state index contributed by atoms with van der Waals surface area (Å²) in [6, 6.07) is 6.49. The molecule has 1 heterocycles. The second kappa shape index (κ2) is 6.94. The Kier molecular flexibility index (Phi) is 5.23. The van der Waals surface area contributed by atoms with Crippen molar-refractivity contribution in [3.63, 3.8) is 0 Å². The van der Waals surface area contributed by atoms with Crippen molar-refractivity contribution in [2.45, 2.75) is 32.7 Å². The molecule has 1 aromatic rings. The van der Waals surface area contributed by atoms with Crippen molar-refractivity contribution >= 4 is 5.78 Å². The van der Waals surface area contributed by atoms with E-state index in [0.717, 1.165) is 31.0 Å². The molecule has 1 unspecified atom stereocenters. The minimum absolute atomic E-state index is 0.180. The van der Waals surface area contributed by atoms with Gasteiger partial charge in [-0.3, -0.25) is 4.79 Å². The Balaban J connectivity index is 1.98. The predicted molar refractivity (Wildman–Crippen MR) is 82.2 cm³/mol. The number of piperidine rings is 1. The maximum atomic E-state index is 11.7. The molecule has 0 aromatic heterocycles. The van der Waals surface area contributed by atoms with Crippen LogP contribution >= 0.6 is 0 Å². The summed E-state index contributed by atoms with van der Waals surface area (Å²) in [7, 11) is 3.31. The van der Waals surface area contributed by atoms with Crippen molar-refractivity contribution in [1.82, 2.24) is 0 Å². The number of Topliss-reactive ketones (excluding diaryl/α,β-unsaturated/α-hetero) is 1. The molecule has 2 rings (SSSR count). The zero-order valence-corrected chi connectivity index (χ0v) is 13.4. The molecular weight excluding hydrogens is 266 g/mol. The summed E-state index contributed by atoms with van der Waals surface area (Å²) in [6.45, 7) is 6.25. The van der Waals surface area contributed by atoms with Gasteiger partial charge < -0.3 is 14.4 Å². The number of methoxy groups -OCH3 is 2. The SMILES string of the molecule is COc1ccc(CC[NH+]2CCC(=O)[C@@H](C)[C@H]2C)cc1OC. The summed E-state index contributed by atoms with van der Waals surface area (Å²) >= 11 is 0. The molecule has 116 valence electrons. The van der Waals surface area contributed by atoms with Gasteiger partial charge in [-0.15, -0.1) is 0 Å². The molecule has 0 saturated carbocycles. The van der Waals surface area contributed by atoms with Crippen LogP contribution in [0.1, 0.15) is 25.8 Å². The van der Waals surface area contributed by atoms with Crippen LogP contribution in [-0.2, 0) is 11.2 Å². The van der Waals surface area contributed by atoms with Crippen LogP contribution in [0.3, 0.4) is 0 Å². The van der Waals surface area contributed by atoms with Crippen molar-refractivity contribution in [2.24, 2.45) is 5.92 Å². The first kappa shape index (κ1) is 15.8. The van der Waals surface area contributed by atoms with Crippen LogP contribution in [0.5, 0.6) is 11.5 Å². The molecule has 4 heteroatoms. The number of ketones is 1. The number of quaternary nitrogens is 1. The number of nitrogens with one attached hydrogen (secondary N) is 1. The molecule has 0 bridgehead atoms. The number of benzene rings is 1. The molecule has 1 aromatic carbocycles. The smallest absolute Gasteiger partial charge is 0.160 e. The van der Waals surface area contributed by atoms with Crippen molar-refractivity contribution in [3.8, 4) is 11.5 Å². The highest BCUT2D eigenvalue weighted by atomic mass is 16.5. The van der Waals surface area contributed by atoms with E-state index in [4.69, 9.17) is 9.47 Å². The number of carbonyl (C=O) groups is 1. The Morgan fingerprint density at radius 1 is 1.19 bits per heavy atom. The van der Waals surface area contributed by atoms with E-state index in [1.54, 1.807) is 14.2 Å². The number of rotatable bonds is 5. The highest BCUT2D eigenvalue weighted by Gasteiger charge is 2.33. The molecule has 0 aliphatic carbocycles. The molecule has 1 aliphatic rings. The monoisotopic (exact) mass is 292 g/mol. The van der Waals surface area contributed by atoms with E-state index in [1.165, 1.54) is 10.5 Å².